The molecule has 0 unspecified atom stereocenters. The Hall–Kier alpha value is -1.55. The van der Waals surface area contributed by atoms with E-state index < -0.39 is 0 Å². The molecule has 4 heteroatoms. The third kappa shape index (κ3) is 3.25. The van der Waals surface area contributed by atoms with Crippen molar-refractivity contribution in [1.82, 2.24) is 0 Å². The molecule has 0 aliphatic rings. The summed E-state index contributed by atoms with van der Waals surface area (Å²) in [6, 6.07) is 5.01. The van der Waals surface area contributed by atoms with Crippen LogP contribution in [0.5, 0.6) is 11.5 Å². The number of ether oxygens (including phenoxy) is 3. The van der Waals surface area contributed by atoms with Crippen molar-refractivity contribution < 1.29 is 19.0 Å². The summed E-state index contributed by atoms with van der Waals surface area (Å²) in [5, 5.41) is 0. The van der Waals surface area contributed by atoms with Crippen LogP contribution in [0.1, 0.15) is 10.4 Å². The van der Waals surface area contributed by atoms with Gasteiger partial charge in [0.25, 0.3) is 0 Å². The van der Waals surface area contributed by atoms with Crippen LogP contribution in [0.4, 0.5) is 0 Å². The molecular weight excluding hydrogens is 196 g/mol. The Kier molecular flexibility index (Phi) is 4.63. The molecule has 0 aliphatic heterocycles. The number of rotatable bonds is 6. The minimum absolute atomic E-state index is 0.410. The van der Waals surface area contributed by atoms with E-state index in [0.29, 0.717) is 30.3 Å². The van der Waals surface area contributed by atoms with E-state index >= 15 is 0 Å². The van der Waals surface area contributed by atoms with E-state index in [9.17, 15) is 4.79 Å². The van der Waals surface area contributed by atoms with Gasteiger partial charge in [0.05, 0.1) is 26.4 Å². The number of benzene rings is 1. The lowest BCUT2D eigenvalue weighted by molar-refractivity contribution is 0.112. The molecule has 0 atom stereocenters. The maximum atomic E-state index is 10.6. The van der Waals surface area contributed by atoms with Crippen LogP contribution in [0, 0.1) is 7.11 Å². The zero-order valence-electron chi connectivity index (χ0n) is 8.56. The predicted octanol–water partition coefficient (Wildman–Crippen LogP) is 1.69. The number of hydrogen-bond donors (Lipinski definition) is 0. The largest absolute Gasteiger partial charge is 0.496 e. The van der Waals surface area contributed by atoms with Gasteiger partial charge in [0.1, 0.15) is 18.1 Å². The number of aldehydes is 1. The van der Waals surface area contributed by atoms with Crippen LogP contribution in [0.3, 0.4) is 0 Å². The molecule has 0 saturated heterocycles. The number of methoxy groups -OCH3 is 1. The van der Waals surface area contributed by atoms with Crippen LogP contribution in [0.25, 0.3) is 0 Å². The molecule has 1 rings (SSSR count). The van der Waals surface area contributed by atoms with Crippen LogP contribution in [-0.2, 0) is 4.74 Å². The monoisotopic (exact) mass is 209 g/mol. The Labute approximate surface area is 88.8 Å². The van der Waals surface area contributed by atoms with E-state index in [-0.39, 0.29) is 0 Å². The summed E-state index contributed by atoms with van der Waals surface area (Å²) in [4.78, 5) is 10.6. The summed E-state index contributed by atoms with van der Waals surface area (Å²) in [6.45, 7) is 0.824. The molecular formula is C11H13O4. The lowest BCUT2D eigenvalue weighted by Gasteiger charge is -2.08. The molecule has 1 radical (unpaired) electrons. The maximum absolute atomic E-state index is 10.6. The van der Waals surface area contributed by atoms with E-state index in [0.717, 1.165) is 6.29 Å². The van der Waals surface area contributed by atoms with E-state index in [4.69, 9.17) is 9.47 Å². The summed E-state index contributed by atoms with van der Waals surface area (Å²) >= 11 is 0. The molecule has 0 bridgehead atoms. The standard InChI is InChI=1S/C11H13O4/c1-13-5-6-15-10-4-3-9(8-12)11(7-10)14-2/h3-4,7-8H,1,5-6H2,2H3. The van der Waals surface area contributed by atoms with Gasteiger partial charge in [-0.15, -0.1) is 0 Å². The molecule has 0 saturated carbocycles. The van der Waals surface area contributed by atoms with Crippen molar-refractivity contribution in [2.24, 2.45) is 0 Å². The van der Waals surface area contributed by atoms with Crippen LogP contribution in [0.15, 0.2) is 18.2 Å². The molecule has 0 spiro atoms. The summed E-state index contributed by atoms with van der Waals surface area (Å²) in [6.07, 6.45) is 0.738. The maximum Gasteiger partial charge on any atom is 0.153 e. The molecule has 1 aromatic rings. The molecule has 0 N–H and O–H groups in total. The van der Waals surface area contributed by atoms with E-state index in [2.05, 4.69) is 11.8 Å². The molecule has 0 aliphatic carbocycles. The topological polar surface area (TPSA) is 44.8 Å². The molecule has 15 heavy (non-hydrogen) atoms. The second-order valence-electron chi connectivity index (χ2n) is 2.78. The van der Waals surface area contributed by atoms with Gasteiger partial charge in [0, 0.05) is 6.07 Å². The summed E-state index contributed by atoms with van der Waals surface area (Å²) in [5.41, 5.74) is 0.498. The minimum atomic E-state index is 0.410. The molecule has 81 valence electrons. The van der Waals surface area contributed by atoms with Gasteiger partial charge in [-0.2, -0.15) is 0 Å². The second kappa shape index (κ2) is 6.03. The SMILES string of the molecule is [CH2]OCCOc1ccc(C=O)c(OC)c1. The fourth-order valence-corrected chi connectivity index (χ4v) is 1.10. The Morgan fingerprint density at radius 1 is 1.40 bits per heavy atom. The average molecular weight is 209 g/mol. The van der Waals surface area contributed by atoms with Gasteiger partial charge >= 0.3 is 0 Å². The number of carbonyl (C=O) groups excluding carboxylic acids is 1. The highest BCUT2D eigenvalue weighted by atomic mass is 16.5. The fourth-order valence-electron chi connectivity index (χ4n) is 1.10. The van der Waals surface area contributed by atoms with Crippen molar-refractivity contribution in [1.29, 1.82) is 0 Å². The average Bonchev–Trinajstić information content (AvgIpc) is 2.29. The van der Waals surface area contributed by atoms with Gasteiger partial charge in [-0.05, 0) is 12.1 Å². The van der Waals surface area contributed by atoms with Crippen molar-refractivity contribution in [3.8, 4) is 11.5 Å². The predicted molar refractivity (Wildman–Crippen MR) is 55.2 cm³/mol. The first kappa shape index (κ1) is 11.5. The zero-order chi connectivity index (χ0) is 11.1. The summed E-state index contributed by atoms with van der Waals surface area (Å²) in [7, 11) is 4.73. The van der Waals surface area contributed by atoms with Crippen molar-refractivity contribution in [3.05, 3.63) is 30.9 Å². The minimum Gasteiger partial charge on any atom is -0.496 e. The van der Waals surface area contributed by atoms with Crippen molar-refractivity contribution in [2.45, 2.75) is 0 Å². The highest BCUT2D eigenvalue weighted by Gasteiger charge is 2.03. The van der Waals surface area contributed by atoms with Gasteiger partial charge < -0.3 is 14.2 Å². The third-order valence-electron chi connectivity index (χ3n) is 1.83. The van der Waals surface area contributed by atoms with Gasteiger partial charge in [0.2, 0.25) is 0 Å². The lowest BCUT2D eigenvalue weighted by atomic mass is 10.2. The molecule has 0 heterocycles. The highest BCUT2D eigenvalue weighted by molar-refractivity contribution is 5.79. The quantitative estimate of drug-likeness (QED) is 0.528. The smallest absolute Gasteiger partial charge is 0.153 e. The van der Waals surface area contributed by atoms with Crippen molar-refractivity contribution >= 4 is 6.29 Å². The van der Waals surface area contributed by atoms with Gasteiger partial charge in [-0.25, -0.2) is 0 Å². The normalized spacial score (nSPS) is 9.73. The van der Waals surface area contributed by atoms with Crippen LogP contribution < -0.4 is 9.47 Å². The first-order valence-electron chi connectivity index (χ1n) is 4.44. The summed E-state index contributed by atoms with van der Waals surface area (Å²) < 4.78 is 15.0. The molecule has 1 aromatic carbocycles. The molecule has 0 aromatic heterocycles. The van der Waals surface area contributed by atoms with Crippen molar-refractivity contribution in [2.75, 3.05) is 20.3 Å². The Balaban J connectivity index is 2.70. The fraction of sp³-hybridized carbons (Fsp3) is 0.273. The van der Waals surface area contributed by atoms with Crippen LogP contribution in [-0.4, -0.2) is 26.6 Å². The Morgan fingerprint density at radius 3 is 2.80 bits per heavy atom. The first-order chi connectivity index (χ1) is 7.31. The number of hydrogen-bond acceptors (Lipinski definition) is 4. The lowest BCUT2D eigenvalue weighted by Crippen LogP contribution is -2.03. The highest BCUT2D eigenvalue weighted by Crippen LogP contribution is 2.23. The molecule has 0 amide bonds. The summed E-state index contributed by atoms with van der Waals surface area (Å²) in [5.74, 6) is 1.13. The van der Waals surface area contributed by atoms with Gasteiger partial charge in [-0.3, -0.25) is 4.79 Å². The third-order valence-corrected chi connectivity index (χ3v) is 1.83. The van der Waals surface area contributed by atoms with Gasteiger partial charge in [0.15, 0.2) is 6.29 Å². The van der Waals surface area contributed by atoms with Crippen molar-refractivity contribution in [3.63, 3.8) is 0 Å². The van der Waals surface area contributed by atoms with Crippen LogP contribution >= 0.6 is 0 Å². The zero-order valence-corrected chi connectivity index (χ0v) is 8.56. The Morgan fingerprint density at radius 2 is 2.20 bits per heavy atom. The first-order valence-corrected chi connectivity index (χ1v) is 4.44. The van der Waals surface area contributed by atoms with E-state index in [1.165, 1.54) is 7.11 Å². The second-order valence-corrected chi connectivity index (χ2v) is 2.78. The Bertz CT molecular complexity index is 322. The van der Waals surface area contributed by atoms with Gasteiger partial charge in [-0.1, -0.05) is 0 Å². The van der Waals surface area contributed by atoms with E-state index in [1.807, 2.05) is 0 Å². The molecule has 0 fully saturated rings. The number of carbonyl (C=O) groups is 1. The molecule has 4 nitrogen and oxygen atoms in total. The van der Waals surface area contributed by atoms with E-state index in [1.54, 1.807) is 18.2 Å². The van der Waals surface area contributed by atoms with Crippen LogP contribution in [0.2, 0.25) is 0 Å².